The smallest absolute Gasteiger partial charge is 0.156 e. The van der Waals surface area contributed by atoms with Gasteiger partial charge in [0.25, 0.3) is 0 Å². The summed E-state index contributed by atoms with van der Waals surface area (Å²) in [6, 6.07) is 8.03. The molecule has 0 aliphatic carbocycles. The van der Waals surface area contributed by atoms with E-state index in [2.05, 4.69) is 16.4 Å². The molecular weight excluding hydrogens is 208 g/mol. The Morgan fingerprint density at radius 2 is 2.33 bits per heavy atom. The summed E-state index contributed by atoms with van der Waals surface area (Å²) in [7, 11) is 1.70. The van der Waals surface area contributed by atoms with Gasteiger partial charge in [-0.15, -0.1) is 0 Å². The predicted octanol–water partition coefficient (Wildman–Crippen LogP) is 1.89. The standard InChI is InChI=1S/C11H14N2OS/c1-14-10-5-3-2-4-9(10)8-13-11-12-6-7-15-11/h2-5H,6-8H2,1H3,(H,12,13). The lowest BCUT2D eigenvalue weighted by atomic mass is 10.2. The Morgan fingerprint density at radius 3 is 3.07 bits per heavy atom. The third-order valence-corrected chi connectivity index (χ3v) is 3.14. The Balaban J connectivity index is 1.97. The fraction of sp³-hybridized carbons (Fsp3) is 0.364. The Kier molecular flexibility index (Phi) is 3.50. The molecule has 1 aromatic carbocycles. The van der Waals surface area contributed by atoms with Crippen LogP contribution in [0, 0.1) is 0 Å². The number of nitrogens with zero attached hydrogens (tertiary/aromatic N) is 1. The first-order valence-corrected chi connectivity index (χ1v) is 5.92. The molecule has 0 bridgehead atoms. The van der Waals surface area contributed by atoms with Crippen molar-refractivity contribution in [1.29, 1.82) is 0 Å². The summed E-state index contributed by atoms with van der Waals surface area (Å²) in [5.74, 6) is 2.02. The second-order valence-corrected chi connectivity index (χ2v) is 4.28. The Hall–Kier alpha value is -1.16. The molecule has 1 N–H and O–H groups in total. The van der Waals surface area contributed by atoms with Crippen LogP contribution in [0.25, 0.3) is 0 Å². The van der Waals surface area contributed by atoms with Gasteiger partial charge in [-0.3, -0.25) is 4.99 Å². The van der Waals surface area contributed by atoms with Gasteiger partial charge in [0, 0.05) is 17.9 Å². The largest absolute Gasteiger partial charge is 0.496 e. The molecule has 1 aliphatic rings. The number of hydrogen-bond acceptors (Lipinski definition) is 4. The van der Waals surface area contributed by atoms with Gasteiger partial charge in [-0.2, -0.15) is 0 Å². The monoisotopic (exact) mass is 222 g/mol. The molecule has 0 unspecified atom stereocenters. The molecule has 4 heteroatoms. The predicted molar refractivity (Wildman–Crippen MR) is 64.6 cm³/mol. The molecule has 0 spiro atoms. The molecule has 1 heterocycles. The van der Waals surface area contributed by atoms with E-state index in [0.717, 1.165) is 35.3 Å². The van der Waals surface area contributed by atoms with Crippen LogP contribution in [0.2, 0.25) is 0 Å². The summed E-state index contributed by atoms with van der Waals surface area (Å²) in [5.41, 5.74) is 1.16. The van der Waals surface area contributed by atoms with Gasteiger partial charge in [-0.25, -0.2) is 0 Å². The van der Waals surface area contributed by atoms with Crippen LogP contribution in [0.1, 0.15) is 5.56 Å². The summed E-state index contributed by atoms with van der Waals surface area (Å²) in [5, 5.41) is 4.35. The van der Waals surface area contributed by atoms with E-state index in [1.807, 2.05) is 18.2 Å². The second-order valence-electron chi connectivity index (χ2n) is 3.20. The van der Waals surface area contributed by atoms with E-state index in [1.165, 1.54) is 0 Å². The number of rotatable bonds is 3. The third-order valence-electron chi connectivity index (χ3n) is 2.21. The van der Waals surface area contributed by atoms with Gasteiger partial charge in [0.1, 0.15) is 5.75 Å². The summed E-state index contributed by atoms with van der Waals surface area (Å²) in [6.45, 7) is 1.70. The SMILES string of the molecule is COc1ccccc1CNC1=NCCS1. The zero-order valence-electron chi connectivity index (χ0n) is 8.69. The molecule has 0 aromatic heterocycles. The topological polar surface area (TPSA) is 33.6 Å². The van der Waals surface area contributed by atoms with E-state index in [-0.39, 0.29) is 0 Å². The van der Waals surface area contributed by atoms with Crippen LogP contribution >= 0.6 is 11.8 Å². The quantitative estimate of drug-likeness (QED) is 0.848. The van der Waals surface area contributed by atoms with Crippen LogP contribution in [0.3, 0.4) is 0 Å². The number of benzene rings is 1. The van der Waals surface area contributed by atoms with Gasteiger partial charge in [0.2, 0.25) is 0 Å². The van der Waals surface area contributed by atoms with Gasteiger partial charge in [0.05, 0.1) is 13.7 Å². The van der Waals surface area contributed by atoms with E-state index in [4.69, 9.17) is 4.74 Å². The van der Waals surface area contributed by atoms with Crippen molar-refractivity contribution in [1.82, 2.24) is 5.32 Å². The zero-order chi connectivity index (χ0) is 10.5. The maximum Gasteiger partial charge on any atom is 0.156 e. The van der Waals surface area contributed by atoms with Gasteiger partial charge in [-0.05, 0) is 6.07 Å². The number of methoxy groups -OCH3 is 1. The highest BCUT2D eigenvalue weighted by atomic mass is 32.2. The molecule has 80 valence electrons. The maximum absolute atomic E-state index is 5.27. The van der Waals surface area contributed by atoms with Crippen molar-refractivity contribution in [2.45, 2.75) is 6.54 Å². The lowest BCUT2D eigenvalue weighted by Crippen LogP contribution is -2.18. The summed E-state index contributed by atoms with van der Waals surface area (Å²) < 4.78 is 5.27. The summed E-state index contributed by atoms with van der Waals surface area (Å²) in [6.07, 6.45) is 0. The Labute approximate surface area is 93.9 Å². The van der Waals surface area contributed by atoms with Gasteiger partial charge < -0.3 is 10.1 Å². The summed E-state index contributed by atoms with van der Waals surface area (Å²) in [4.78, 5) is 4.33. The van der Waals surface area contributed by atoms with Crippen molar-refractivity contribution in [2.24, 2.45) is 4.99 Å². The van der Waals surface area contributed by atoms with E-state index in [9.17, 15) is 0 Å². The second kappa shape index (κ2) is 5.07. The molecule has 0 amide bonds. The molecule has 0 fully saturated rings. The maximum atomic E-state index is 5.27. The highest BCUT2D eigenvalue weighted by molar-refractivity contribution is 8.14. The molecule has 0 atom stereocenters. The van der Waals surface area contributed by atoms with Gasteiger partial charge in [0.15, 0.2) is 5.17 Å². The van der Waals surface area contributed by atoms with Crippen LogP contribution < -0.4 is 10.1 Å². The highest BCUT2D eigenvalue weighted by Crippen LogP contribution is 2.17. The van der Waals surface area contributed by atoms with Crippen molar-refractivity contribution >= 4 is 16.9 Å². The normalized spacial score (nSPS) is 14.9. The minimum Gasteiger partial charge on any atom is -0.496 e. The Morgan fingerprint density at radius 1 is 1.47 bits per heavy atom. The molecular formula is C11H14N2OS. The minimum absolute atomic E-state index is 0.774. The molecule has 1 aliphatic heterocycles. The molecule has 0 radical (unpaired) electrons. The highest BCUT2D eigenvalue weighted by Gasteiger charge is 2.07. The molecule has 1 aromatic rings. The van der Waals surface area contributed by atoms with Crippen LogP contribution in [-0.2, 0) is 6.54 Å². The first-order valence-electron chi connectivity index (χ1n) is 4.93. The number of amidine groups is 1. The number of para-hydroxylation sites is 1. The van der Waals surface area contributed by atoms with Crippen LogP contribution in [0.5, 0.6) is 5.75 Å². The summed E-state index contributed by atoms with van der Waals surface area (Å²) >= 11 is 1.77. The van der Waals surface area contributed by atoms with E-state index < -0.39 is 0 Å². The van der Waals surface area contributed by atoms with Crippen molar-refractivity contribution in [3.8, 4) is 5.75 Å². The molecule has 15 heavy (non-hydrogen) atoms. The number of hydrogen-bond donors (Lipinski definition) is 1. The number of nitrogens with one attached hydrogen (secondary N) is 1. The molecule has 2 rings (SSSR count). The van der Waals surface area contributed by atoms with Crippen molar-refractivity contribution in [2.75, 3.05) is 19.4 Å². The van der Waals surface area contributed by atoms with E-state index in [0.29, 0.717) is 0 Å². The van der Waals surface area contributed by atoms with E-state index >= 15 is 0 Å². The first-order chi connectivity index (χ1) is 7.40. The van der Waals surface area contributed by atoms with Crippen molar-refractivity contribution < 1.29 is 4.74 Å². The lowest BCUT2D eigenvalue weighted by molar-refractivity contribution is 0.409. The Bertz CT molecular complexity index is 365. The van der Waals surface area contributed by atoms with Crippen LogP contribution in [0.4, 0.5) is 0 Å². The number of aliphatic imine (C=N–C) groups is 1. The number of ether oxygens (including phenoxy) is 1. The van der Waals surface area contributed by atoms with Crippen LogP contribution in [0.15, 0.2) is 29.3 Å². The minimum atomic E-state index is 0.774. The average Bonchev–Trinajstić information content (AvgIpc) is 2.79. The van der Waals surface area contributed by atoms with Crippen molar-refractivity contribution in [3.63, 3.8) is 0 Å². The zero-order valence-corrected chi connectivity index (χ0v) is 9.51. The van der Waals surface area contributed by atoms with E-state index in [1.54, 1.807) is 18.9 Å². The average molecular weight is 222 g/mol. The van der Waals surface area contributed by atoms with Gasteiger partial charge >= 0.3 is 0 Å². The van der Waals surface area contributed by atoms with Gasteiger partial charge in [-0.1, -0.05) is 30.0 Å². The fourth-order valence-corrected chi connectivity index (χ4v) is 2.19. The molecule has 0 saturated heterocycles. The molecule has 0 saturated carbocycles. The first kappa shape index (κ1) is 10.4. The fourth-order valence-electron chi connectivity index (χ4n) is 1.46. The van der Waals surface area contributed by atoms with Crippen LogP contribution in [-0.4, -0.2) is 24.6 Å². The third kappa shape index (κ3) is 2.65. The molecule has 3 nitrogen and oxygen atoms in total. The lowest BCUT2D eigenvalue weighted by Gasteiger charge is -2.09. The van der Waals surface area contributed by atoms with Crippen molar-refractivity contribution in [3.05, 3.63) is 29.8 Å². The number of thioether (sulfide) groups is 1.